The molecule has 12 heavy (non-hydrogen) atoms. The number of rotatable bonds is 1. The van der Waals surface area contributed by atoms with Crippen LogP contribution in [-0.2, 0) is 0 Å². The molecule has 0 aliphatic carbocycles. The van der Waals surface area contributed by atoms with Crippen molar-refractivity contribution in [1.29, 1.82) is 0 Å². The van der Waals surface area contributed by atoms with Gasteiger partial charge in [0, 0.05) is 16.2 Å². The monoisotopic (exact) mass is 247 g/mol. The number of nitrogens with one attached hydrogen (secondary N) is 1. The lowest BCUT2D eigenvalue weighted by Crippen LogP contribution is -1.78. The fourth-order valence-corrected chi connectivity index (χ4v) is 1.09. The minimum absolute atomic E-state index is 0.132. The third-order valence-electron chi connectivity index (χ3n) is 1.38. The summed E-state index contributed by atoms with van der Waals surface area (Å²) in [6, 6.07) is 0. The van der Waals surface area contributed by atoms with Crippen LogP contribution in [0.5, 0.6) is 0 Å². The minimum Gasteiger partial charge on any atom is -0.345 e. The second-order valence-electron chi connectivity index (χ2n) is 2.15. The van der Waals surface area contributed by atoms with Crippen molar-refractivity contribution >= 4 is 45.4 Å². The van der Waals surface area contributed by atoms with Crippen molar-refractivity contribution in [3.05, 3.63) is 16.2 Å². The maximum Gasteiger partial charge on any atom is 0.223 e. The molecule has 0 atom stereocenters. The summed E-state index contributed by atoms with van der Waals surface area (Å²) in [5.74, 6) is 0.694. The first kappa shape index (κ1) is 9.48. The van der Waals surface area contributed by atoms with E-state index in [0.717, 1.165) is 10.0 Å². The number of amidine groups is 1. The van der Waals surface area contributed by atoms with E-state index >= 15 is 0 Å². The van der Waals surface area contributed by atoms with E-state index in [9.17, 15) is 0 Å². The van der Waals surface area contributed by atoms with E-state index in [4.69, 9.17) is 11.6 Å². The van der Waals surface area contributed by atoms with Gasteiger partial charge in [0.25, 0.3) is 0 Å². The van der Waals surface area contributed by atoms with Gasteiger partial charge in [-0.2, -0.15) is 0 Å². The Labute approximate surface area is 83.7 Å². The molecule has 0 saturated heterocycles. The van der Waals surface area contributed by atoms with Crippen molar-refractivity contribution in [3.8, 4) is 0 Å². The first-order chi connectivity index (χ1) is 5.65. The zero-order chi connectivity index (χ0) is 9.14. The van der Waals surface area contributed by atoms with Gasteiger partial charge in [0.05, 0.1) is 0 Å². The lowest BCUT2D eigenvalue weighted by molar-refractivity contribution is 1.31. The van der Waals surface area contributed by atoms with Crippen LogP contribution in [0.15, 0.2) is 20.7 Å². The number of hydrogen-bond donors (Lipinski definition) is 1. The molecule has 1 N–H and O–H groups in total. The Hall–Kier alpha value is -0.610. The summed E-state index contributed by atoms with van der Waals surface area (Å²) < 4.78 is 0.967. The summed E-state index contributed by atoms with van der Waals surface area (Å²) in [4.78, 5) is 10.4. The molecule has 0 bridgehead atoms. The van der Waals surface area contributed by atoms with E-state index in [2.05, 4.69) is 37.6 Å². The van der Waals surface area contributed by atoms with Crippen LogP contribution in [0.3, 0.4) is 0 Å². The van der Waals surface area contributed by atoms with E-state index in [1.54, 1.807) is 6.20 Å². The lowest BCUT2D eigenvalue weighted by Gasteiger charge is -1.90. The molecule has 1 heterocycles. The van der Waals surface area contributed by atoms with Crippen molar-refractivity contribution in [2.75, 3.05) is 0 Å². The molecule has 0 spiro atoms. The number of hydrogen-bond acceptors (Lipinski definition) is 1. The molecule has 0 fully saturated rings. The van der Waals surface area contributed by atoms with Gasteiger partial charge >= 0.3 is 0 Å². The number of aromatic amines is 1. The van der Waals surface area contributed by atoms with Gasteiger partial charge in [-0.05, 0) is 41.2 Å². The molecule has 0 amide bonds. The van der Waals surface area contributed by atoms with Crippen LogP contribution >= 0.6 is 27.5 Å². The second kappa shape index (κ2) is 3.87. The molecule has 3 nitrogen and oxygen atoms in total. The molecule has 0 aliphatic rings. The van der Waals surface area contributed by atoms with Gasteiger partial charge in [0.15, 0.2) is 0 Å². The van der Waals surface area contributed by atoms with Crippen molar-refractivity contribution in [2.24, 2.45) is 9.98 Å². The Morgan fingerprint density at radius 1 is 1.75 bits per heavy atom. The standard InChI is InChI=1S/C7H7BrClN3/c1-4-5(8)3-11-6(4)12-7(9)10-2/h3,11H,2H2,1H3. The van der Waals surface area contributed by atoms with E-state index in [1.807, 2.05) is 6.92 Å². The van der Waals surface area contributed by atoms with Crippen molar-refractivity contribution in [2.45, 2.75) is 6.92 Å². The van der Waals surface area contributed by atoms with Gasteiger partial charge in [-0.3, -0.25) is 0 Å². The van der Waals surface area contributed by atoms with Gasteiger partial charge in [-0.25, -0.2) is 9.98 Å². The maximum absolute atomic E-state index is 5.57. The van der Waals surface area contributed by atoms with Gasteiger partial charge in [0.2, 0.25) is 5.29 Å². The van der Waals surface area contributed by atoms with Crippen molar-refractivity contribution in [3.63, 3.8) is 0 Å². The fourth-order valence-electron chi connectivity index (χ4n) is 0.705. The molecule has 1 aromatic heterocycles. The van der Waals surface area contributed by atoms with E-state index in [1.165, 1.54) is 0 Å². The molecule has 0 unspecified atom stereocenters. The van der Waals surface area contributed by atoms with Crippen LogP contribution in [0.2, 0.25) is 0 Å². The molecule has 64 valence electrons. The number of aliphatic imine (C=N–C) groups is 2. The molecule has 0 aliphatic heterocycles. The molecule has 0 saturated carbocycles. The second-order valence-corrected chi connectivity index (χ2v) is 3.34. The normalized spacial score (nSPS) is 11.8. The van der Waals surface area contributed by atoms with Crippen LogP contribution in [0.4, 0.5) is 5.82 Å². The highest BCUT2D eigenvalue weighted by Crippen LogP contribution is 2.25. The third kappa shape index (κ3) is 1.95. The van der Waals surface area contributed by atoms with Gasteiger partial charge in [-0.15, -0.1) is 0 Å². The summed E-state index contributed by atoms with van der Waals surface area (Å²) in [7, 11) is 0. The first-order valence-corrected chi connectivity index (χ1v) is 4.36. The predicted octanol–water partition coefficient (Wildman–Crippen LogP) is 3.01. The molecule has 1 aromatic rings. The van der Waals surface area contributed by atoms with Crippen LogP contribution in [-0.4, -0.2) is 17.0 Å². The average molecular weight is 249 g/mol. The first-order valence-electron chi connectivity index (χ1n) is 3.19. The Balaban J connectivity index is 3.04. The summed E-state index contributed by atoms with van der Waals surface area (Å²) in [6.07, 6.45) is 1.79. The highest BCUT2D eigenvalue weighted by Gasteiger charge is 2.02. The van der Waals surface area contributed by atoms with Gasteiger partial charge in [-0.1, -0.05) is 0 Å². The lowest BCUT2D eigenvalue weighted by atomic mass is 10.4. The molecule has 1 rings (SSSR count). The number of nitrogens with zero attached hydrogens (tertiary/aromatic N) is 2. The maximum atomic E-state index is 5.57. The molecular weight excluding hydrogens is 241 g/mol. The van der Waals surface area contributed by atoms with E-state index in [0.29, 0.717) is 5.82 Å². The average Bonchev–Trinajstić information content (AvgIpc) is 2.36. The molecule has 5 heteroatoms. The highest BCUT2D eigenvalue weighted by atomic mass is 79.9. The van der Waals surface area contributed by atoms with Gasteiger partial charge < -0.3 is 4.98 Å². The molecular formula is C7H7BrClN3. The zero-order valence-electron chi connectivity index (χ0n) is 6.43. The van der Waals surface area contributed by atoms with Crippen molar-refractivity contribution in [1.82, 2.24) is 4.98 Å². The van der Waals surface area contributed by atoms with Crippen LogP contribution in [0.1, 0.15) is 5.56 Å². The Morgan fingerprint density at radius 2 is 2.42 bits per heavy atom. The fraction of sp³-hybridized carbons (Fsp3) is 0.143. The predicted molar refractivity (Wildman–Crippen MR) is 55.7 cm³/mol. The summed E-state index contributed by atoms with van der Waals surface area (Å²) in [5, 5.41) is 0.132. The van der Waals surface area contributed by atoms with Crippen molar-refractivity contribution < 1.29 is 0 Å². The highest BCUT2D eigenvalue weighted by molar-refractivity contribution is 9.10. The van der Waals surface area contributed by atoms with Crippen LogP contribution in [0.25, 0.3) is 0 Å². The third-order valence-corrected chi connectivity index (χ3v) is 2.41. The van der Waals surface area contributed by atoms with E-state index < -0.39 is 0 Å². The Kier molecular flexibility index (Phi) is 3.05. The van der Waals surface area contributed by atoms with Crippen LogP contribution in [0, 0.1) is 6.92 Å². The Morgan fingerprint density at radius 3 is 2.83 bits per heavy atom. The quantitative estimate of drug-likeness (QED) is 0.451. The number of halogens is 2. The van der Waals surface area contributed by atoms with E-state index in [-0.39, 0.29) is 5.29 Å². The Bertz CT molecular complexity index is 329. The smallest absolute Gasteiger partial charge is 0.223 e. The summed E-state index contributed by atoms with van der Waals surface area (Å²) in [5.41, 5.74) is 0.997. The SMILES string of the molecule is C=NC(Cl)=Nc1[nH]cc(Br)c1C. The van der Waals surface area contributed by atoms with Gasteiger partial charge in [0.1, 0.15) is 5.82 Å². The number of H-pyrrole nitrogens is 1. The molecule has 0 aromatic carbocycles. The van der Waals surface area contributed by atoms with Crippen LogP contribution < -0.4 is 0 Å². The number of aromatic nitrogens is 1. The largest absolute Gasteiger partial charge is 0.345 e. The minimum atomic E-state index is 0.132. The summed E-state index contributed by atoms with van der Waals surface area (Å²) in [6.45, 7) is 5.18. The summed E-state index contributed by atoms with van der Waals surface area (Å²) >= 11 is 8.90. The molecule has 0 radical (unpaired) electrons. The zero-order valence-corrected chi connectivity index (χ0v) is 8.78. The topological polar surface area (TPSA) is 40.5 Å².